The highest BCUT2D eigenvalue weighted by molar-refractivity contribution is 7.89. The van der Waals surface area contributed by atoms with Gasteiger partial charge in [0.05, 0.1) is 0 Å². The van der Waals surface area contributed by atoms with Crippen LogP contribution in [0.1, 0.15) is 29.8 Å². The molecule has 3 N–H and O–H groups in total. The zero-order chi connectivity index (χ0) is 15.3. The first kappa shape index (κ1) is 16.7. The van der Waals surface area contributed by atoms with Gasteiger partial charge in [-0.25, -0.2) is 13.6 Å². The van der Waals surface area contributed by atoms with E-state index in [-0.39, 0.29) is 23.1 Å². The Balaban J connectivity index is 2.74. The van der Waals surface area contributed by atoms with Gasteiger partial charge >= 0.3 is 0 Å². The number of hydrogen-bond donors (Lipinski definition) is 2. The molecule has 0 spiro atoms. The molecule has 1 rings (SSSR count). The molecule has 0 bridgehead atoms. The summed E-state index contributed by atoms with van der Waals surface area (Å²) < 4.78 is 24.0. The summed E-state index contributed by atoms with van der Waals surface area (Å²) in [7, 11) is -0.551. The van der Waals surface area contributed by atoms with Crippen molar-refractivity contribution in [3.63, 3.8) is 0 Å². The number of aryl methyl sites for hydroxylation is 1. The van der Waals surface area contributed by atoms with Gasteiger partial charge in [0.2, 0.25) is 10.0 Å². The molecule has 0 aliphatic rings. The quantitative estimate of drug-likeness (QED) is 0.686. The van der Waals surface area contributed by atoms with Crippen LogP contribution in [0.2, 0.25) is 0 Å². The number of nitrogens with two attached hydrogens (primary N) is 1. The van der Waals surface area contributed by atoms with Crippen LogP contribution in [0, 0.1) is 0 Å². The number of sulfonamides is 1. The molecule has 1 heterocycles. The van der Waals surface area contributed by atoms with E-state index in [1.54, 1.807) is 14.1 Å². The molecule has 0 saturated heterocycles. The average Bonchev–Trinajstić information content (AvgIpc) is 2.75. The standard InChI is InChI=1S/C12H21N3O4S/c1-14(6-4-3-5-7-16)12(17)11-8-10(9-15(11)2)20(13,18)19/h8-9,16H,3-7H2,1-2H3,(H2,13,18,19). The maximum Gasteiger partial charge on any atom is 0.270 e. The minimum Gasteiger partial charge on any atom is -0.396 e. The van der Waals surface area contributed by atoms with E-state index in [2.05, 4.69) is 0 Å². The normalized spacial score (nSPS) is 11.6. The predicted molar refractivity (Wildman–Crippen MR) is 74.7 cm³/mol. The third kappa shape index (κ3) is 4.32. The summed E-state index contributed by atoms with van der Waals surface area (Å²) in [6.45, 7) is 0.696. The number of carbonyl (C=O) groups is 1. The largest absolute Gasteiger partial charge is 0.396 e. The average molecular weight is 303 g/mol. The molecule has 0 aliphatic carbocycles. The molecule has 0 aromatic carbocycles. The molecule has 20 heavy (non-hydrogen) atoms. The summed E-state index contributed by atoms with van der Waals surface area (Å²) in [5.41, 5.74) is 0.277. The van der Waals surface area contributed by atoms with Gasteiger partial charge in [-0.2, -0.15) is 0 Å². The van der Waals surface area contributed by atoms with Crippen molar-refractivity contribution in [1.82, 2.24) is 9.47 Å². The van der Waals surface area contributed by atoms with Crippen molar-refractivity contribution >= 4 is 15.9 Å². The Hall–Kier alpha value is -1.38. The highest BCUT2D eigenvalue weighted by atomic mass is 32.2. The molecule has 1 aromatic heterocycles. The monoisotopic (exact) mass is 303 g/mol. The van der Waals surface area contributed by atoms with Crippen molar-refractivity contribution in [1.29, 1.82) is 0 Å². The van der Waals surface area contributed by atoms with Crippen LogP contribution in [0.4, 0.5) is 0 Å². The van der Waals surface area contributed by atoms with Crippen LogP contribution in [0.15, 0.2) is 17.2 Å². The Bertz CT molecular complexity index is 565. The number of carbonyl (C=O) groups excluding carboxylic acids is 1. The molecule has 1 aromatic rings. The summed E-state index contributed by atoms with van der Waals surface area (Å²) in [4.78, 5) is 13.6. The van der Waals surface area contributed by atoms with Gasteiger partial charge in [-0.1, -0.05) is 0 Å². The van der Waals surface area contributed by atoms with Gasteiger partial charge in [0.15, 0.2) is 0 Å². The van der Waals surface area contributed by atoms with E-state index < -0.39 is 10.0 Å². The lowest BCUT2D eigenvalue weighted by Gasteiger charge is -2.17. The third-order valence-electron chi connectivity index (χ3n) is 3.03. The Labute approximate surface area is 119 Å². The molecule has 0 aliphatic heterocycles. The summed E-state index contributed by atoms with van der Waals surface area (Å²) >= 11 is 0. The van der Waals surface area contributed by atoms with Crippen molar-refractivity contribution in [2.24, 2.45) is 12.2 Å². The second-order valence-electron chi connectivity index (χ2n) is 4.73. The zero-order valence-corrected chi connectivity index (χ0v) is 12.6. The molecule has 1 amide bonds. The van der Waals surface area contributed by atoms with Crippen molar-refractivity contribution < 1.29 is 18.3 Å². The van der Waals surface area contributed by atoms with E-state index in [0.717, 1.165) is 12.8 Å². The van der Waals surface area contributed by atoms with Crippen LogP contribution in [0.25, 0.3) is 0 Å². The zero-order valence-electron chi connectivity index (χ0n) is 11.7. The van der Waals surface area contributed by atoms with Gasteiger partial charge in [-0.3, -0.25) is 4.79 Å². The van der Waals surface area contributed by atoms with Crippen molar-refractivity contribution in [3.8, 4) is 0 Å². The molecular formula is C12H21N3O4S. The second-order valence-corrected chi connectivity index (χ2v) is 6.29. The smallest absolute Gasteiger partial charge is 0.270 e. The number of aliphatic hydroxyl groups excluding tert-OH is 1. The number of amides is 1. The lowest BCUT2D eigenvalue weighted by atomic mass is 10.2. The summed E-state index contributed by atoms with van der Waals surface area (Å²) in [6, 6.07) is 1.28. The number of rotatable bonds is 7. The first-order valence-electron chi connectivity index (χ1n) is 6.33. The van der Waals surface area contributed by atoms with Crippen molar-refractivity contribution in [2.45, 2.75) is 24.2 Å². The van der Waals surface area contributed by atoms with Crippen LogP contribution >= 0.6 is 0 Å². The molecular weight excluding hydrogens is 282 g/mol. The minimum absolute atomic E-state index is 0.0722. The second kappa shape index (κ2) is 6.87. The van der Waals surface area contributed by atoms with Crippen LogP contribution in [0.5, 0.6) is 0 Å². The van der Waals surface area contributed by atoms with Crippen LogP contribution in [-0.2, 0) is 17.1 Å². The molecule has 8 heteroatoms. The van der Waals surface area contributed by atoms with Crippen molar-refractivity contribution in [2.75, 3.05) is 20.2 Å². The Morgan fingerprint density at radius 1 is 1.40 bits per heavy atom. The van der Waals surface area contributed by atoms with E-state index in [1.165, 1.54) is 21.7 Å². The first-order valence-corrected chi connectivity index (χ1v) is 7.87. The number of unbranched alkanes of at least 4 members (excludes halogenated alkanes) is 2. The topological polar surface area (TPSA) is 106 Å². The van der Waals surface area contributed by atoms with Gasteiger partial charge in [-0.15, -0.1) is 0 Å². The molecule has 0 radical (unpaired) electrons. The van der Waals surface area contributed by atoms with Gasteiger partial charge in [0.25, 0.3) is 5.91 Å². The number of aromatic nitrogens is 1. The number of hydrogen-bond acceptors (Lipinski definition) is 4. The molecule has 114 valence electrons. The van der Waals surface area contributed by atoms with E-state index >= 15 is 0 Å². The maximum atomic E-state index is 12.2. The Morgan fingerprint density at radius 2 is 2.05 bits per heavy atom. The summed E-state index contributed by atoms with van der Waals surface area (Å²) in [5.74, 6) is -0.258. The molecule has 0 fully saturated rings. The Kier molecular flexibility index (Phi) is 5.73. The highest BCUT2D eigenvalue weighted by Crippen LogP contribution is 2.13. The molecule has 7 nitrogen and oxygen atoms in total. The Morgan fingerprint density at radius 3 is 2.55 bits per heavy atom. The highest BCUT2D eigenvalue weighted by Gasteiger charge is 2.19. The lowest BCUT2D eigenvalue weighted by molar-refractivity contribution is 0.0782. The predicted octanol–water partition coefficient (Wildman–Crippen LogP) is -0.0929. The van der Waals surface area contributed by atoms with Crippen LogP contribution in [-0.4, -0.2) is 49.1 Å². The van der Waals surface area contributed by atoms with E-state index in [4.69, 9.17) is 10.2 Å². The van der Waals surface area contributed by atoms with Crippen LogP contribution in [0.3, 0.4) is 0 Å². The van der Waals surface area contributed by atoms with Gasteiger partial charge in [0, 0.05) is 33.4 Å². The third-order valence-corrected chi connectivity index (χ3v) is 3.91. The molecule has 0 atom stereocenters. The van der Waals surface area contributed by atoms with Crippen LogP contribution < -0.4 is 5.14 Å². The van der Waals surface area contributed by atoms with Gasteiger partial charge in [0.1, 0.15) is 10.6 Å². The minimum atomic E-state index is -3.81. The number of aliphatic hydroxyl groups is 1. The van der Waals surface area contributed by atoms with Gasteiger partial charge in [-0.05, 0) is 25.3 Å². The fourth-order valence-electron chi connectivity index (χ4n) is 1.84. The van der Waals surface area contributed by atoms with Gasteiger partial charge < -0.3 is 14.6 Å². The molecule has 0 saturated carbocycles. The first-order chi connectivity index (χ1) is 9.27. The number of primary sulfonamides is 1. The van der Waals surface area contributed by atoms with E-state index in [1.807, 2.05) is 0 Å². The number of nitrogens with zero attached hydrogens (tertiary/aromatic N) is 2. The summed E-state index contributed by atoms with van der Waals surface area (Å²) in [6.07, 6.45) is 3.66. The summed E-state index contributed by atoms with van der Waals surface area (Å²) in [5, 5.41) is 13.7. The fourth-order valence-corrected chi connectivity index (χ4v) is 2.42. The van der Waals surface area contributed by atoms with E-state index in [0.29, 0.717) is 13.0 Å². The van der Waals surface area contributed by atoms with Crippen molar-refractivity contribution in [3.05, 3.63) is 18.0 Å². The lowest BCUT2D eigenvalue weighted by Crippen LogP contribution is -2.29. The SMILES string of the molecule is CN(CCCCCO)C(=O)c1cc(S(N)(=O)=O)cn1C. The molecule has 0 unspecified atom stereocenters. The van der Waals surface area contributed by atoms with E-state index in [9.17, 15) is 13.2 Å². The fraction of sp³-hybridized carbons (Fsp3) is 0.583. The maximum absolute atomic E-state index is 12.2.